The molecule has 1 aliphatic heterocycles. The molecule has 10 nitrogen and oxygen atoms in total. The van der Waals surface area contributed by atoms with Gasteiger partial charge in [-0.25, -0.2) is 4.39 Å². The first-order valence-corrected chi connectivity index (χ1v) is 13.8. The Balaban J connectivity index is 1.65. The van der Waals surface area contributed by atoms with Crippen LogP contribution in [-0.2, 0) is 35.2 Å². The molecule has 0 unspecified atom stereocenters. The van der Waals surface area contributed by atoms with E-state index in [1.807, 2.05) is 6.92 Å². The van der Waals surface area contributed by atoms with Crippen LogP contribution in [0.4, 0.5) is 10.1 Å². The van der Waals surface area contributed by atoms with Crippen LogP contribution in [0.15, 0.2) is 48.5 Å². The van der Waals surface area contributed by atoms with Crippen molar-refractivity contribution in [2.45, 2.75) is 52.4 Å². The van der Waals surface area contributed by atoms with Gasteiger partial charge in [-0.3, -0.25) is 19.2 Å². The summed E-state index contributed by atoms with van der Waals surface area (Å²) in [7, 11) is 0. The number of carbonyl (C=O) groups excluding carboxylic acids is 4. The number of piperazine rings is 1. The van der Waals surface area contributed by atoms with Gasteiger partial charge in [0.1, 0.15) is 11.6 Å². The molecule has 1 N–H and O–H groups in total. The maximum atomic E-state index is 14.2. The lowest BCUT2D eigenvalue weighted by atomic mass is 10.1. The van der Waals surface area contributed by atoms with Gasteiger partial charge in [0.25, 0.3) is 11.8 Å². The summed E-state index contributed by atoms with van der Waals surface area (Å²) in [5.74, 6) is 3.12. The van der Waals surface area contributed by atoms with Crippen molar-refractivity contribution in [2.75, 3.05) is 37.7 Å². The van der Waals surface area contributed by atoms with E-state index in [9.17, 15) is 23.6 Å². The van der Waals surface area contributed by atoms with Crippen LogP contribution in [-0.4, -0.2) is 73.6 Å². The number of hydrogen-bond donors (Lipinski definition) is 1. The van der Waals surface area contributed by atoms with Crippen LogP contribution in [0.3, 0.4) is 0 Å². The van der Waals surface area contributed by atoms with E-state index < -0.39 is 36.0 Å². The fraction of sp³-hybridized carbons (Fsp3) is 0.419. The maximum Gasteiger partial charge on any atom is 0.303 e. The maximum absolute atomic E-state index is 14.2. The van der Waals surface area contributed by atoms with Crippen LogP contribution in [0.1, 0.15) is 39.2 Å². The van der Waals surface area contributed by atoms with E-state index in [1.165, 1.54) is 11.0 Å². The third-order valence-electron chi connectivity index (χ3n) is 6.33. The summed E-state index contributed by atoms with van der Waals surface area (Å²) >= 11 is 0. The Bertz CT molecular complexity index is 1300. The van der Waals surface area contributed by atoms with Crippen molar-refractivity contribution in [3.63, 3.8) is 0 Å². The highest BCUT2D eigenvalue weighted by atomic mass is 19.1. The summed E-state index contributed by atoms with van der Waals surface area (Å²) in [6.45, 7) is 5.67. The number of nitrogens with zero attached hydrogens (tertiary/aromatic N) is 2. The monoisotopic (exact) mass is 581 g/mol. The number of rotatable bonds is 11. The van der Waals surface area contributed by atoms with E-state index in [-0.39, 0.29) is 25.5 Å². The normalized spacial score (nSPS) is 14.1. The Morgan fingerprint density at radius 1 is 0.905 bits per heavy atom. The molecular weight excluding hydrogens is 545 g/mol. The Hall–Kier alpha value is -4.59. The molecular formula is C31H36FN3O7. The summed E-state index contributed by atoms with van der Waals surface area (Å²) in [4.78, 5) is 53.7. The smallest absolute Gasteiger partial charge is 0.303 e. The average molecular weight is 582 g/mol. The number of benzene rings is 2. The van der Waals surface area contributed by atoms with Crippen LogP contribution < -0.4 is 15.0 Å². The summed E-state index contributed by atoms with van der Waals surface area (Å²) < 4.78 is 30.3. The van der Waals surface area contributed by atoms with Crippen molar-refractivity contribution in [2.24, 2.45) is 0 Å². The minimum absolute atomic E-state index is 0.0567. The van der Waals surface area contributed by atoms with Crippen LogP contribution in [0.5, 0.6) is 5.75 Å². The number of nitrogens with one attached hydrogen (secondary N) is 1. The SMILES string of the molecule is CCC#CCCOc1ccc(CNC(=O)[C@H](OC(C)=O)[C@@H](OC(C)=O)C(=O)N2CCN(c3ccccc3F)CC2)cc1. The van der Waals surface area contributed by atoms with E-state index in [0.29, 0.717) is 37.6 Å². The van der Waals surface area contributed by atoms with E-state index in [2.05, 4.69) is 17.2 Å². The number of para-hydroxylation sites is 1. The molecule has 0 saturated carbocycles. The predicted octanol–water partition coefficient (Wildman–Crippen LogP) is 2.84. The topological polar surface area (TPSA) is 114 Å². The Kier molecular flexibility index (Phi) is 12.2. The first kappa shape index (κ1) is 31.9. The van der Waals surface area contributed by atoms with Gasteiger partial charge in [0.05, 0.1) is 12.3 Å². The number of esters is 2. The Morgan fingerprint density at radius 3 is 2.17 bits per heavy atom. The minimum Gasteiger partial charge on any atom is -0.493 e. The second-order valence-corrected chi connectivity index (χ2v) is 9.49. The molecule has 3 rings (SSSR count). The molecule has 0 aromatic heterocycles. The predicted molar refractivity (Wildman–Crippen MR) is 153 cm³/mol. The van der Waals surface area contributed by atoms with E-state index in [1.54, 1.807) is 47.4 Å². The zero-order valence-corrected chi connectivity index (χ0v) is 24.1. The lowest BCUT2D eigenvalue weighted by Gasteiger charge is -2.38. The van der Waals surface area contributed by atoms with Crippen molar-refractivity contribution in [3.05, 3.63) is 59.9 Å². The van der Waals surface area contributed by atoms with Crippen LogP contribution in [0, 0.1) is 17.7 Å². The highest BCUT2D eigenvalue weighted by Crippen LogP contribution is 2.21. The average Bonchev–Trinajstić information content (AvgIpc) is 2.98. The molecule has 1 fully saturated rings. The second-order valence-electron chi connectivity index (χ2n) is 9.49. The fourth-order valence-corrected chi connectivity index (χ4v) is 4.33. The van der Waals surface area contributed by atoms with Gasteiger partial charge in [0.2, 0.25) is 12.2 Å². The Labute approximate surface area is 245 Å². The number of carbonyl (C=O) groups is 4. The number of amides is 2. The molecule has 1 saturated heterocycles. The molecule has 224 valence electrons. The second kappa shape index (κ2) is 16.0. The molecule has 1 aliphatic rings. The third-order valence-corrected chi connectivity index (χ3v) is 6.33. The fourth-order valence-electron chi connectivity index (χ4n) is 4.33. The van der Waals surface area contributed by atoms with Crippen molar-refractivity contribution in [1.29, 1.82) is 0 Å². The highest BCUT2D eigenvalue weighted by molar-refractivity contribution is 5.93. The summed E-state index contributed by atoms with van der Waals surface area (Å²) in [5, 5.41) is 2.65. The quantitative estimate of drug-likeness (QED) is 0.245. The lowest BCUT2D eigenvalue weighted by molar-refractivity contribution is -0.178. The molecule has 2 amide bonds. The first-order valence-electron chi connectivity index (χ1n) is 13.8. The lowest BCUT2D eigenvalue weighted by Crippen LogP contribution is -2.57. The molecule has 2 aromatic carbocycles. The van der Waals surface area contributed by atoms with Crippen LogP contribution >= 0.6 is 0 Å². The van der Waals surface area contributed by atoms with Crippen molar-refractivity contribution in [3.8, 4) is 17.6 Å². The molecule has 0 bridgehead atoms. The zero-order chi connectivity index (χ0) is 30.5. The molecule has 2 atom stereocenters. The highest BCUT2D eigenvalue weighted by Gasteiger charge is 2.42. The van der Waals surface area contributed by atoms with Gasteiger partial charge in [-0.2, -0.15) is 0 Å². The summed E-state index contributed by atoms with van der Waals surface area (Å²) in [5.41, 5.74) is 1.14. The van der Waals surface area contributed by atoms with Gasteiger partial charge >= 0.3 is 11.9 Å². The van der Waals surface area contributed by atoms with E-state index in [0.717, 1.165) is 25.8 Å². The van der Waals surface area contributed by atoms with Crippen molar-refractivity contribution < 1.29 is 37.8 Å². The molecule has 0 radical (unpaired) electrons. The minimum atomic E-state index is -1.71. The number of halogens is 1. The number of ether oxygens (including phenoxy) is 3. The zero-order valence-electron chi connectivity index (χ0n) is 24.1. The largest absolute Gasteiger partial charge is 0.493 e. The first-order chi connectivity index (χ1) is 20.2. The molecule has 11 heteroatoms. The summed E-state index contributed by atoms with van der Waals surface area (Å²) in [6, 6.07) is 13.4. The van der Waals surface area contributed by atoms with Gasteiger partial charge in [-0.05, 0) is 29.8 Å². The Morgan fingerprint density at radius 2 is 1.55 bits per heavy atom. The van der Waals surface area contributed by atoms with Crippen LogP contribution in [0.2, 0.25) is 0 Å². The van der Waals surface area contributed by atoms with Crippen molar-refractivity contribution >= 4 is 29.4 Å². The van der Waals surface area contributed by atoms with Gasteiger partial charge < -0.3 is 29.3 Å². The van der Waals surface area contributed by atoms with Gasteiger partial charge in [0, 0.05) is 59.4 Å². The number of anilines is 1. The third kappa shape index (κ3) is 9.51. The molecule has 2 aromatic rings. The van der Waals surface area contributed by atoms with Crippen LogP contribution in [0.25, 0.3) is 0 Å². The van der Waals surface area contributed by atoms with E-state index in [4.69, 9.17) is 14.2 Å². The van der Waals surface area contributed by atoms with Gasteiger partial charge in [-0.15, -0.1) is 5.92 Å². The molecule has 0 spiro atoms. The van der Waals surface area contributed by atoms with Gasteiger partial charge in [-0.1, -0.05) is 37.1 Å². The molecule has 1 heterocycles. The molecule has 42 heavy (non-hydrogen) atoms. The summed E-state index contributed by atoms with van der Waals surface area (Å²) in [6.07, 6.45) is -2.00. The molecule has 0 aliphatic carbocycles. The van der Waals surface area contributed by atoms with Gasteiger partial charge in [0.15, 0.2) is 0 Å². The standard InChI is InChI=1S/C31H36FN3O7/c1-4-5-6-9-20-40-25-14-12-24(13-15-25)21-33-30(38)28(41-22(2)36)29(42-23(3)37)31(39)35-18-16-34(17-19-35)27-11-8-7-10-26(27)32/h7-8,10-15,28-29H,4,9,16-21H2,1-3H3,(H,33,38)/t28-,29-/m1/s1. The van der Waals surface area contributed by atoms with E-state index >= 15 is 0 Å². The van der Waals surface area contributed by atoms with Crippen molar-refractivity contribution in [1.82, 2.24) is 10.2 Å². The number of hydrogen-bond acceptors (Lipinski definition) is 8.